The number of aliphatic hydroxyl groups excluding tert-OH is 1. The fraction of sp³-hybridized carbons (Fsp3) is 1.00. The van der Waals surface area contributed by atoms with Gasteiger partial charge in [-0.05, 0) is 65.3 Å². The van der Waals surface area contributed by atoms with E-state index in [1.54, 1.807) is 0 Å². The molecule has 112 valence electrons. The highest BCUT2D eigenvalue weighted by Gasteiger charge is 2.45. The zero-order valence-corrected chi connectivity index (χ0v) is 12.9. The maximum atomic E-state index is 9.82. The Bertz CT molecular complexity index is 269. The molecule has 0 spiro atoms. The first kappa shape index (κ1) is 15.2. The van der Waals surface area contributed by atoms with Crippen LogP contribution in [0.25, 0.3) is 0 Å². The molecular formula is C15H31N3O. The van der Waals surface area contributed by atoms with Crippen molar-refractivity contribution in [2.45, 2.75) is 44.2 Å². The van der Waals surface area contributed by atoms with Crippen LogP contribution < -0.4 is 5.32 Å². The van der Waals surface area contributed by atoms with E-state index in [1.807, 2.05) is 7.05 Å². The van der Waals surface area contributed by atoms with Gasteiger partial charge < -0.3 is 20.2 Å². The van der Waals surface area contributed by atoms with E-state index in [1.165, 1.54) is 45.3 Å². The van der Waals surface area contributed by atoms with Crippen molar-refractivity contribution in [3.05, 3.63) is 0 Å². The molecule has 0 aromatic heterocycles. The molecule has 1 aliphatic carbocycles. The summed E-state index contributed by atoms with van der Waals surface area (Å²) >= 11 is 0. The molecule has 1 aliphatic heterocycles. The van der Waals surface area contributed by atoms with Crippen molar-refractivity contribution in [2.24, 2.45) is 5.92 Å². The molecule has 0 aromatic rings. The van der Waals surface area contributed by atoms with Gasteiger partial charge >= 0.3 is 0 Å². The summed E-state index contributed by atoms with van der Waals surface area (Å²) in [5, 5.41) is 13.2. The third-order valence-electron chi connectivity index (χ3n) is 5.30. The molecule has 1 unspecified atom stereocenters. The minimum Gasteiger partial charge on any atom is -0.394 e. The second-order valence-electron chi connectivity index (χ2n) is 6.42. The summed E-state index contributed by atoms with van der Waals surface area (Å²) in [7, 11) is 4.23. The zero-order chi connectivity index (χ0) is 13.9. The van der Waals surface area contributed by atoms with Crippen LogP contribution in [0.5, 0.6) is 0 Å². The van der Waals surface area contributed by atoms with E-state index >= 15 is 0 Å². The van der Waals surface area contributed by atoms with Crippen LogP contribution in [0.1, 0.15) is 32.6 Å². The molecule has 2 fully saturated rings. The Balaban J connectivity index is 1.87. The molecule has 2 rings (SSSR count). The highest BCUT2D eigenvalue weighted by atomic mass is 16.3. The summed E-state index contributed by atoms with van der Waals surface area (Å²) in [6.45, 7) is 7.10. The largest absolute Gasteiger partial charge is 0.394 e. The van der Waals surface area contributed by atoms with Crippen LogP contribution in [0.2, 0.25) is 0 Å². The van der Waals surface area contributed by atoms with Crippen LogP contribution in [0.15, 0.2) is 0 Å². The van der Waals surface area contributed by atoms with Crippen molar-refractivity contribution in [2.75, 3.05) is 46.9 Å². The Morgan fingerprint density at radius 3 is 2.32 bits per heavy atom. The molecule has 4 nitrogen and oxygen atoms in total. The summed E-state index contributed by atoms with van der Waals surface area (Å²) in [5.74, 6) is 0.667. The first-order valence-corrected chi connectivity index (χ1v) is 7.87. The lowest BCUT2D eigenvalue weighted by Crippen LogP contribution is -2.58. The Kier molecular flexibility index (Phi) is 5.23. The normalized spacial score (nSPS) is 25.7. The summed E-state index contributed by atoms with van der Waals surface area (Å²) in [4.78, 5) is 5.01. The third kappa shape index (κ3) is 3.48. The predicted octanol–water partition coefficient (Wildman–Crippen LogP) is 0.763. The summed E-state index contributed by atoms with van der Waals surface area (Å²) in [6.07, 6.45) is 5.06. The number of hydrogen-bond acceptors (Lipinski definition) is 4. The lowest BCUT2D eigenvalue weighted by molar-refractivity contribution is 0.0661. The second-order valence-corrected chi connectivity index (χ2v) is 6.42. The lowest BCUT2D eigenvalue weighted by atomic mass is 9.92. The van der Waals surface area contributed by atoms with Gasteiger partial charge in [-0.15, -0.1) is 0 Å². The van der Waals surface area contributed by atoms with Gasteiger partial charge in [-0.1, -0.05) is 6.92 Å². The standard InChI is InChI=1S/C15H31N3O/c1-4-18-9-7-14(8-10-18)17(3)11-15(12-19,16-2)13-5-6-13/h13-14,16,19H,4-12H2,1-3H3. The van der Waals surface area contributed by atoms with Gasteiger partial charge in [-0.2, -0.15) is 0 Å². The van der Waals surface area contributed by atoms with Gasteiger partial charge in [0.25, 0.3) is 0 Å². The van der Waals surface area contributed by atoms with Gasteiger partial charge in [-0.3, -0.25) is 0 Å². The van der Waals surface area contributed by atoms with Crippen molar-refractivity contribution in [3.63, 3.8) is 0 Å². The first-order valence-electron chi connectivity index (χ1n) is 7.87. The minimum absolute atomic E-state index is 0.0728. The SMILES string of the molecule is CCN1CCC(N(C)CC(CO)(NC)C2CC2)CC1. The van der Waals surface area contributed by atoms with Gasteiger partial charge in [0, 0.05) is 12.6 Å². The van der Waals surface area contributed by atoms with E-state index in [-0.39, 0.29) is 12.1 Å². The van der Waals surface area contributed by atoms with Crippen LogP contribution in [0.4, 0.5) is 0 Å². The molecule has 0 aromatic carbocycles. The molecule has 2 aliphatic rings. The fourth-order valence-electron chi connectivity index (χ4n) is 3.56. The van der Waals surface area contributed by atoms with Gasteiger partial charge in [0.15, 0.2) is 0 Å². The van der Waals surface area contributed by atoms with E-state index in [0.717, 1.165) is 6.54 Å². The predicted molar refractivity (Wildman–Crippen MR) is 79.4 cm³/mol. The van der Waals surface area contributed by atoms with Crippen molar-refractivity contribution in [1.82, 2.24) is 15.1 Å². The molecule has 2 N–H and O–H groups in total. The number of rotatable bonds is 7. The Morgan fingerprint density at radius 1 is 1.26 bits per heavy atom. The molecule has 19 heavy (non-hydrogen) atoms. The molecule has 1 atom stereocenters. The van der Waals surface area contributed by atoms with Crippen LogP contribution in [0, 0.1) is 5.92 Å². The van der Waals surface area contributed by atoms with E-state index in [4.69, 9.17) is 0 Å². The molecule has 1 heterocycles. The van der Waals surface area contributed by atoms with Gasteiger partial charge in [-0.25, -0.2) is 0 Å². The number of likely N-dealkylation sites (tertiary alicyclic amines) is 1. The van der Waals surface area contributed by atoms with Gasteiger partial charge in [0.1, 0.15) is 0 Å². The van der Waals surface area contributed by atoms with Crippen molar-refractivity contribution >= 4 is 0 Å². The maximum Gasteiger partial charge on any atom is 0.0628 e. The number of aliphatic hydroxyl groups is 1. The van der Waals surface area contributed by atoms with Crippen molar-refractivity contribution < 1.29 is 5.11 Å². The monoisotopic (exact) mass is 269 g/mol. The van der Waals surface area contributed by atoms with Crippen LogP contribution >= 0.6 is 0 Å². The maximum absolute atomic E-state index is 9.82. The highest BCUT2D eigenvalue weighted by molar-refractivity contribution is 5.02. The molecular weight excluding hydrogens is 238 g/mol. The van der Waals surface area contributed by atoms with Crippen LogP contribution in [-0.4, -0.2) is 73.4 Å². The zero-order valence-electron chi connectivity index (χ0n) is 12.9. The second kappa shape index (κ2) is 6.53. The van der Waals surface area contributed by atoms with E-state index in [0.29, 0.717) is 12.0 Å². The molecule has 4 heteroatoms. The summed E-state index contributed by atoms with van der Waals surface area (Å²) in [5.41, 5.74) is -0.0728. The smallest absolute Gasteiger partial charge is 0.0628 e. The minimum atomic E-state index is -0.0728. The molecule has 1 saturated heterocycles. The van der Waals surface area contributed by atoms with Gasteiger partial charge in [0.05, 0.1) is 12.1 Å². The number of nitrogens with one attached hydrogen (secondary N) is 1. The molecule has 1 saturated carbocycles. The number of nitrogens with zero attached hydrogens (tertiary/aromatic N) is 2. The molecule has 0 radical (unpaired) electrons. The van der Waals surface area contributed by atoms with Gasteiger partial charge in [0.2, 0.25) is 0 Å². The molecule has 0 amide bonds. The van der Waals surface area contributed by atoms with Crippen LogP contribution in [-0.2, 0) is 0 Å². The van der Waals surface area contributed by atoms with Crippen molar-refractivity contribution in [3.8, 4) is 0 Å². The lowest BCUT2D eigenvalue weighted by Gasteiger charge is -2.42. The Morgan fingerprint density at radius 2 is 1.89 bits per heavy atom. The number of hydrogen-bond donors (Lipinski definition) is 2. The molecule has 0 bridgehead atoms. The van der Waals surface area contributed by atoms with E-state index in [2.05, 4.69) is 29.1 Å². The fourth-order valence-corrected chi connectivity index (χ4v) is 3.56. The number of likely N-dealkylation sites (N-methyl/N-ethyl adjacent to an activating group) is 2. The van der Waals surface area contributed by atoms with Crippen molar-refractivity contribution in [1.29, 1.82) is 0 Å². The Hall–Kier alpha value is -0.160. The van der Waals surface area contributed by atoms with E-state index in [9.17, 15) is 5.11 Å². The first-order chi connectivity index (χ1) is 9.15. The third-order valence-corrected chi connectivity index (χ3v) is 5.30. The quantitative estimate of drug-likeness (QED) is 0.716. The van der Waals surface area contributed by atoms with E-state index < -0.39 is 0 Å². The highest BCUT2D eigenvalue weighted by Crippen LogP contribution is 2.40. The summed E-state index contributed by atoms with van der Waals surface area (Å²) in [6, 6.07) is 0.681. The average molecular weight is 269 g/mol. The number of piperidine rings is 1. The topological polar surface area (TPSA) is 38.7 Å². The Labute approximate surface area is 118 Å². The van der Waals surface area contributed by atoms with Crippen LogP contribution in [0.3, 0.4) is 0 Å². The average Bonchev–Trinajstić information content (AvgIpc) is 3.30. The summed E-state index contributed by atoms with van der Waals surface area (Å²) < 4.78 is 0.